The molecule has 0 spiro atoms. The monoisotopic (exact) mass is 674 g/mol. The van der Waals surface area contributed by atoms with E-state index in [4.69, 9.17) is 9.98 Å². The van der Waals surface area contributed by atoms with Crippen LogP contribution in [0.1, 0.15) is 25.0 Å². The lowest BCUT2D eigenvalue weighted by Gasteiger charge is -2.03. The van der Waals surface area contributed by atoms with E-state index >= 15 is 0 Å². The maximum atomic E-state index is 4.75. The molecule has 5 aromatic carbocycles. The van der Waals surface area contributed by atoms with Gasteiger partial charge >= 0.3 is 0 Å². The van der Waals surface area contributed by atoms with Gasteiger partial charge in [0.05, 0.1) is 11.4 Å². The van der Waals surface area contributed by atoms with Crippen LogP contribution < -0.4 is 0 Å². The van der Waals surface area contributed by atoms with Crippen molar-refractivity contribution in [3.05, 3.63) is 117 Å². The van der Waals surface area contributed by atoms with Crippen molar-refractivity contribution in [1.29, 1.82) is 0 Å². The van der Waals surface area contributed by atoms with Crippen molar-refractivity contribution >= 4 is 99.3 Å². The van der Waals surface area contributed by atoms with Crippen LogP contribution in [0.15, 0.2) is 116 Å². The highest BCUT2D eigenvalue weighted by Crippen LogP contribution is 2.33. The first-order valence-corrected chi connectivity index (χ1v) is 15.7. The first kappa shape index (κ1) is 26.9. The highest BCUT2D eigenvalue weighted by Gasteiger charge is 2.11. The van der Waals surface area contributed by atoms with Gasteiger partial charge in [0.15, 0.2) is 0 Å². The molecular weight excluding hydrogens is 648 g/mol. The number of aliphatic imine (C=N–C) groups is 2. The van der Waals surface area contributed by atoms with Crippen LogP contribution in [0.4, 0.5) is 11.4 Å². The lowest BCUT2D eigenvalue weighted by molar-refractivity contribution is 0.827. The Bertz CT molecular complexity index is 2030. The molecule has 0 atom stereocenters. The first-order valence-electron chi connectivity index (χ1n) is 14.1. The summed E-state index contributed by atoms with van der Waals surface area (Å²) < 4.78 is 6.89. The number of benzene rings is 5. The summed E-state index contributed by atoms with van der Waals surface area (Å²) in [6.45, 7) is 6.24. The van der Waals surface area contributed by atoms with E-state index < -0.39 is 0 Å². The summed E-state index contributed by atoms with van der Waals surface area (Å²) in [6, 6.07) is 34.1. The van der Waals surface area contributed by atoms with E-state index in [0.29, 0.717) is 0 Å². The number of rotatable bonds is 6. The molecule has 2 aromatic heterocycles. The molecule has 0 saturated carbocycles. The zero-order valence-electron chi connectivity index (χ0n) is 23.4. The molecule has 2 heterocycles. The molecule has 206 valence electrons. The second-order valence-corrected chi connectivity index (χ2v) is 12.2. The third kappa shape index (κ3) is 4.79. The number of fused-ring (bicyclic) bond motifs is 6. The Kier molecular flexibility index (Phi) is 7.04. The molecule has 0 radical (unpaired) electrons. The molecule has 0 bridgehead atoms. The normalized spacial score (nSPS) is 12.3. The van der Waals surface area contributed by atoms with Gasteiger partial charge in [0.2, 0.25) is 0 Å². The lowest BCUT2D eigenvalue weighted by Crippen LogP contribution is -1.92. The highest BCUT2D eigenvalue weighted by molar-refractivity contribution is 9.10. The summed E-state index contributed by atoms with van der Waals surface area (Å²) in [5, 5.41) is 4.99. The van der Waals surface area contributed by atoms with Crippen molar-refractivity contribution in [2.75, 3.05) is 0 Å². The van der Waals surface area contributed by atoms with Gasteiger partial charge in [-0.2, -0.15) is 0 Å². The Morgan fingerprint density at radius 3 is 1.24 bits per heavy atom. The third-order valence-corrected chi connectivity index (χ3v) is 8.90. The summed E-state index contributed by atoms with van der Waals surface area (Å²) in [5.74, 6) is 0. The summed E-state index contributed by atoms with van der Waals surface area (Å²) in [6.07, 6.45) is 3.87. The molecule has 0 N–H and O–H groups in total. The maximum absolute atomic E-state index is 4.75. The number of aryl methyl sites for hydroxylation is 2. The minimum atomic E-state index is 0.896. The van der Waals surface area contributed by atoms with Crippen LogP contribution in [0.2, 0.25) is 0 Å². The molecule has 4 nitrogen and oxygen atoms in total. The van der Waals surface area contributed by atoms with Gasteiger partial charge in [-0.3, -0.25) is 9.98 Å². The van der Waals surface area contributed by atoms with Crippen LogP contribution in [-0.2, 0) is 13.1 Å². The number of hydrogen-bond acceptors (Lipinski definition) is 2. The molecule has 42 heavy (non-hydrogen) atoms. The standard InChI is InChI=1S/C36H28Br2N4/c1-3-41-33-13-5-23(17-29(33)31-19-25(37)7-15-35(31)41)21-39-27-9-11-28(12-10-27)40-22-24-6-14-34-30(18-24)32-20-26(38)8-16-36(32)42(34)4-2/h5-22H,3-4H2,1-2H3. The van der Waals surface area contributed by atoms with Gasteiger partial charge in [0, 0.05) is 78.1 Å². The predicted octanol–water partition coefficient (Wildman–Crippen LogP) is 11.0. The largest absolute Gasteiger partial charge is 0.341 e. The quantitative estimate of drug-likeness (QED) is 0.157. The van der Waals surface area contributed by atoms with Gasteiger partial charge in [-0.25, -0.2) is 0 Å². The molecule has 7 rings (SSSR count). The Morgan fingerprint density at radius 2 is 0.857 bits per heavy atom. The van der Waals surface area contributed by atoms with Crippen LogP contribution in [0.5, 0.6) is 0 Å². The zero-order chi connectivity index (χ0) is 28.8. The fraction of sp³-hybridized carbons (Fsp3) is 0.111. The van der Waals surface area contributed by atoms with Gasteiger partial charge in [-0.05, 0) is 110 Å². The van der Waals surface area contributed by atoms with Crippen LogP contribution in [0.25, 0.3) is 43.6 Å². The van der Waals surface area contributed by atoms with Crippen molar-refractivity contribution in [2.45, 2.75) is 26.9 Å². The SMILES string of the molecule is CCn1c2ccc(Br)cc2c2cc(C=Nc3ccc(N=Cc4ccc5c(c4)c4cc(Br)ccc4n5CC)cc3)ccc21. The summed E-state index contributed by atoms with van der Waals surface area (Å²) in [4.78, 5) is 9.50. The van der Waals surface area contributed by atoms with Crippen molar-refractivity contribution in [3.8, 4) is 0 Å². The molecule has 0 aliphatic rings. The lowest BCUT2D eigenvalue weighted by atomic mass is 10.1. The van der Waals surface area contributed by atoms with Crippen LogP contribution in [-0.4, -0.2) is 21.6 Å². The molecule has 0 aliphatic heterocycles. The van der Waals surface area contributed by atoms with E-state index in [0.717, 1.165) is 44.5 Å². The second-order valence-electron chi connectivity index (χ2n) is 10.4. The Balaban J connectivity index is 1.13. The van der Waals surface area contributed by atoms with E-state index in [1.165, 1.54) is 43.6 Å². The Labute approximate surface area is 261 Å². The number of halogens is 2. The van der Waals surface area contributed by atoms with Crippen molar-refractivity contribution in [3.63, 3.8) is 0 Å². The molecular formula is C36H28Br2N4. The smallest absolute Gasteiger partial charge is 0.0631 e. The molecule has 0 saturated heterocycles. The minimum absolute atomic E-state index is 0.896. The van der Waals surface area contributed by atoms with Gasteiger partial charge in [-0.15, -0.1) is 0 Å². The summed E-state index contributed by atoms with van der Waals surface area (Å²) in [7, 11) is 0. The van der Waals surface area contributed by atoms with Crippen molar-refractivity contribution in [1.82, 2.24) is 9.13 Å². The van der Waals surface area contributed by atoms with Gasteiger partial charge < -0.3 is 9.13 Å². The van der Waals surface area contributed by atoms with Gasteiger partial charge in [0.25, 0.3) is 0 Å². The van der Waals surface area contributed by atoms with Crippen molar-refractivity contribution < 1.29 is 0 Å². The highest BCUT2D eigenvalue weighted by atomic mass is 79.9. The van der Waals surface area contributed by atoms with Crippen molar-refractivity contribution in [2.24, 2.45) is 9.98 Å². The van der Waals surface area contributed by atoms with Gasteiger partial charge in [-0.1, -0.05) is 44.0 Å². The molecule has 0 fully saturated rings. The second kappa shape index (κ2) is 11.0. The fourth-order valence-electron chi connectivity index (χ4n) is 5.95. The Morgan fingerprint density at radius 1 is 0.500 bits per heavy atom. The van der Waals surface area contributed by atoms with Crippen LogP contribution in [0.3, 0.4) is 0 Å². The topological polar surface area (TPSA) is 34.6 Å². The Hall–Kier alpha value is -4.00. The fourth-order valence-corrected chi connectivity index (χ4v) is 6.67. The molecule has 0 unspecified atom stereocenters. The molecule has 0 amide bonds. The van der Waals surface area contributed by atoms with Crippen LogP contribution in [0, 0.1) is 0 Å². The van der Waals surface area contributed by atoms with E-state index in [2.05, 4.69) is 128 Å². The zero-order valence-corrected chi connectivity index (χ0v) is 26.5. The summed E-state index contributed by atoms with van der Waals surface area (Å²) >= 11 is 7.27. The number of nitrogens with zero attached hydrogens (tertiary/aromatic N) is 4. The predicted molar refractivity (Wildman–Crippen MR) is 187 cm³/mol. The minimum Gasteiger partial charge on any atom is -0.341 e. The number of hydrogen-bond donors (Lipinski definition) is 0. The number of aromatic nitrogens is 2. The average Bonchev–Trinajstić information content (AvgIpc) is 3.49. The first-order chi connectivity index (χ1) is 20.5. The van der Waals surface area contributed by atoms with E-state index in [-0.39, 0.29) is 0 Å². The molecule has 6 heteroatoms. The van der Waals surface area contributed by atoms with E-state index in [1.807, 2.05) is 36.7 Å². The average molecular weight is 676 g/mol. The maximum Gasteiger partial charge on any atom is 0.0631 e. The van der Waals surface area contributed by atoms with Gasteiger partial charge in [0.1, 0.15) is 0 Å². The summed E-state index contributed by atoms with van der Waals surface area (Å²) in [5.41, 5.74) is 8.93. The van der Waals surface area contributed by atoms with Crippen LogP contribution >= 0.6 is 31.9 Å². The van der Waals surface area contributed by atoms with E-state index in [9.17, 15) is 0 Å². The third-order valence-electron chi connectivity index (χ3n) is 7.91. The molecule has 0 aliphatic carbocycles. The molecule has 7 aromatic rings. The van der Waals surface area contributed by atoms with E-state index in [1.54, 1.807) is 0 Å².